The Kier molecular flexibility index (Phi) is 4.83. The molecule has 1 aromatic carbocycles. The molecule has 1 unspecified atom stereocenters. The Bertz CT molecular complexity index is 554. The molecule has 1 nitrogen and oxygen atoms in total. The fourth-order valence-electron chi connectivity index (χ4n) is 1.70. The van der Waals surface area contributed by atoms with Gasteiger partial charge in [-0.2, -0.15) is 0 Å². The van der Waals surface area contributed by atoms with Gasteiger partial charge in [-0.15, -0.1) is 11.3 Å². The van der Waals surface area contributed by atoms with Crippen molar-refractivity contribution in [2.24, 2.45) is 0 Å². The van der Waals surface area contributed by atoms with Gasteiger partial charge in [0.15, 0.2) is 0 Å². The molecular formula is C12H9Br2ClFNS. The van der Waals surface area contributed by atoms with Crippen LogP contribution in [0.25, 0.3) is 0 Å². The summed E-state index contributed by atoms with van der Waals surface area (Å²) in [5, 5.41) is 3.25. The summed E-state index contributed by atoms with van der Waals surface area (Å²) < 4.78 is 16.0. The highest BCUT2D eigenvalue weighted by Crippen LogP contribution is 2.38. The predicted octanol–water partition coefficient (Wildman–Crippen LogP) is 5.37. The Balaban J connectivity index is 2.48. The summed E-state index contributed by atoms with van der Waals surface area (Å²) in [5.41, 5.74) is 0.547. The lowest BCUT2D eigenvalue weighted by Crippen LogP contribution is -2.17. The van der Waals surface area contributed by atoms with Gasteiger partial charge in [0.2, 0.25) is 0 Å². The maximum Gasteiger partial charge on any atom is 0.146 e. The minimum absolute atomic E-state index is 0.141. The highest BCUT2D eigenvalue weighted by atomic mass is 79.9. The fraction of sp³-hybridized carbons (Fsp3) is 0.167. The molecule has 6 heteroatoms. The van der Waals surface area contributed by atoms with Gasteiger partial charge in [-0.25, -0.2) is 4.39 Å². The maximum absolute atomic E-state index is 14.0. The van der Waals surface area contributed by atoms with Gasteiger partial charge >= 0.3 is 0 Å². The molecule has 2 rings (SSSR count). The van der Waals surface area contributed by atoms with Gasteiger partial charge < -0.3 is 5.32 Å². The van der Waals surface area contributed by atoms with Crippen molar-refractivity contribution in [3.63, 3.8) is 0 Å². The van der Waals surface area contributed by atoms with E-state index in [0.717, 1.165) is 13.1 Å². The number of hydrogen-bond acceptors (Lipinski definition) is 2. The zero-order chi connectivity index (χ0) is 13.3. The van der Waals surface area contributed by atoms with Crippen LogP contribution in [-0.2, 0) is 0 Å². The standard InChI is InChI=1S/C12H9Br2ClFNS/c1-17-11(9-5-7(13)12(14)18-9)6-3-2-4-8(15)10(6)16/h2-5,11,17H,1H3. The van der Waals surface area contributed by atoms with Crippen LogP contribution < -0.4 is 5.32 Å². The first-order chi connectivity index (χ1) is 8.54. The van der Waals surface area contributed by atoms with Crippen molar-refractivity contribution in [2.75, 3.05) is 7.05 Å². The molecule has 0 saturated carbocycles. The molecular weight excluding hydrogens is 404 g/mol. The monoisotopic (exact) mass is 411 g/mol. The Hall–Kier alpha value is 0.0600. The summed E-state index contributed by atoms with van der Waals surface area (Å²) in [6.45, 7) is 0. The minimum atomic E-state index is -0.376. The van der Waals surface area contributed by atoms with Gasteiger partial charge in [0.1, 0.15) is 5.82 Å². The molecule has 96 valence electrons. The quantitative estimate of drug-likeness (QED) is 0.713. The summed E-state index contributed by atoms with van der Waals surface area (Å²) >= 11 is 14.3. The van der Waals surface area contributed by atoms with E-state index in [1.54, 1.807) is 36.6 Å². The van der Waals surface area contributed by atoms with E-state index < -0.39 is 0 Å². The van der Waals surface area contributed by atoms with Crippen molar-refractivity contribution in [2.45, 2.75) is 6.04 Å². The van der Waals surface area contributed by atoms with Gasteiger partial charge in [0.25, 0.3) is 0 Å². The SMILES string of the molecule is CNC(c1cc(Br)c(Br)s1)c1cccc(Cl)c1F. The van der Waals surface area contributed by atoms with E-state index in [2.05, 4.69) is 37.2 Å². The van der Waals surface area contributed by atoms with Crippen LogP contribution in [0.2, 0.25) is 5.02 Å². The molecule has 0 aliphatic heterocycles. The smallest absolute Gasteiger partial charge is 0.146 e. The zero-order valence-corrected chi connectivity index (χ0v) is 14.1. The number of halogens is 4. The summed E-state index contributed by atoms with van der Waals surface area (Å²) in [7, 11) is 1.80. The molecule has 0 radical (unpaired) electrons. The van der Waals surface area contributed by atoms with Gasteiger partial charge in [-0.3, -0.25) is 0 Å². The van der Waals surface area contributed by atoms with E-state index in [0.29, 0.717) is 5.56 Å². The van der Waals surface area contributed by atoms with Gasteiger partial charge in [-0.1, -0.05) is 23.7 Å². The first-order valence-corrected chi connectivity index (χ1v) is 7.88. The van der Waals surface area contributed by atoms with Crippen LogP contribution >= 0.6 is 54.8 Å². The van der Waals surface area contributed by atoms with Crippen molar-refractivity contribution in [1.29, 1.82) is 0 Å². The van der Waals surface area contributed by atoms with E-state index in [1.165, 1.54) is 0 Å². The maximum atomic E-state index is 14.0. The molecule has 0 aliphatic carbocycles. The first kappa shape index (κ1) is 14.5. The third-order valence-electron chi connectivity index (χ3n) is 2.53. The number of hydrogen-bond donors (Lipinski definition) is 1. The van der Waals surface area contributed by atoms with Crippen LogP contribution in [-0.4, -0.2) is 7.05 Å². The Labute approximate surface area is 131 Å². The second kappa shape index (κ2) is 6.01. The Morgan fingerprint density at radius 3 is 2.67 bits per heavy atom. The van der Waals surface area contributed by atoms with E-state index in [4.69, 9.17) is 11.6 Å². The zero-order valence-electron chi connectivity index (χ0n) is 9.31. The predicted molar refractivity (Wildman–Crippen MR) is 82.0 cm³/mol. The molecule has 0 amide bonds. The minimum Gasteiger partial charge on any atom is -0.309 e. The fourth-order valence-corrected chi connectivity index (χ4v) is 4.10. The third kappa shape index (κ3) is 2.80. The van der Waals surface area contributed by atoms with E-state index in [9.17, 15) is 4.39 Å². The number of benzene rings is 1. The second-order valence-corrected chi connectivity index (χ2v) is 7.30. The molecule has 1 heterocycles. The highest BCUT2D eigenvalue weighted by Gasteiger charge is 2.20. The largest absolute Gasteiger partial charge is 0.309 e. The van der Waals surface area contributed by atoms with Gasteiger partial charge in [-0.05, 0) is 51.0 Å². The molecule has 0 bridgehead atoms. The van der Waals surface area contributed by atoms with Gasteiger partial charge in [0.05, 0.1) is 14.9 Å². The van der Waals surface area contributed by atoms with Crippen LogP contribution in [0, 0.1) is 5.82 Å². The number of nitrogens with one attached hydrogen (secondary N) is 1. The number of rotatable bonds is 3. The summed E-state index contributed by atoms with van der Waals surface area (Å²) in [6.07, 6.45) is 0. The Morgan fingerprint density at radius 2 is 2.11 bits per heavy atom. The topological polar surface area (TPSA) is 12.0 Å². The first-order valence-electron chi connectivity index (χ1n) is 5.10. The van der Waals surface area contributed by atoms with E-state index in [-0.39, 0.29) is 16.9 Å². The molecule has 0 aliphatic rings. The summed E-state index contributed by atoms with van der Waals surface area (Å²) in [6, 6.07) is 6.80. The second-order valence-electron chi connectivity index (χ2n) is 3.64. The molecule has 1 atom stereocenters. The van der Waals surface area contributed by atoms with Crippen LogP contribution in [0.1, 0.15) is 16.5 Å². The molecule has 0 saturated heterocycles. The Morgan fingerprint density at radius 1 is 1.39 bits per heavy atom. The molecule has 0 spiro atoms. The summed E-state index contributed by atoms with van der Waals surface area (Å²) in [4.78, 5) is 1.01. The van der Waals surface area contributed by atoms with Crippen molar-refractivity contribution in [3.05, 3.63) is 53.8 Å². The molecule has 1 N–H and O–H groups in total. The average molecular weight is 414 g/mol. The van der Waals surface area contributed by atoms with Crippen molar-refractivity contribution in [3.8, 4) is 0 Å². The lowest BCUT2D eigenvalue weighted by molar-refractivity contribution is 0.579. The molecule has 1 aromatic heterocycles. The van der Waals surface area contributed by atoms with Crippen LogP contribution in [0.15, 0.2) is 32.5 Å². The van der Waals surface area contributed by atoms with Crippen LogP contribution in [0.3, 0.4) is 0 Å². The van der Waals surface area contributed by atoms with Crippen molar-refractivity contribution >= 4 is 54.8 Å². The van der Waals surface area contributed by atoms with Gasteiger partial charge in [0, 0.05) is 14.9 Å². The van der Waals surface area contributed by atoms with Crippen molar-refractivity contribution in [1.82, 2.24) is 5.32 Å². The van der Waals surface area contributed by atoms with Crippen LogP contribution in [0.5, 0.6) is 0 Å². The molecule has 2 aromatic rings. The molecule has 18 heavy (non-hydrogen) atoms. The summed E-state index contributed by atoms with van der Waals surface area (Å²) in [5.74, 6) is -0.376. The van der Waals surface area contributed by atoms with E-state index >= 15 is 0 Å². The lowest BCUT2D eigenvalue weighted by Gasteiger charge is -2.16. The van der Waals surface area contributed by atoms with E-state index in [1.807, 2.05) is 6.07 Å². The number of thiophene rings is 1. The normalized spacial score (nSPS) is 12.7. The van der Waals surface area contributed by atoms with Crippen LogP contribution in [0.4, 0.5) is 4.39 Å². The van der Waals surface area contributed by atoms with Crippen molar-refractivity contribution < 1.29 is 4.39 Å². The lowest BCUT2D eigenvalue weighted by atomic mass is 10.1. The molecule has 0 fully saturated rings. The third-order valence-corrected chi connectivity index (χ3v) is 6.14. The average Bonchev–Trinajstić information content (AvgIpc) is 2.66. The highest BCUT2D eigenvalue weighted by molar-refractivity contribution is 9.13.